The van der Waals surface area contributed by atoms with Gasteiger partial charge >= 0.3 is 0 Å². The molecular weight excluding hydrogens is 809 g/mol. The minimum absolute atomic E-state index is 0.187. The Bertz CT molecular complexity index is 3690. The van der Waals surface area contributed by atoms with Crippen molar-refractivity contribution < 1.29 is 13.9 Å². The molecule has 1 aliphatic carbocycles. The lowest BCUT2D eigenvalue weighted by Gasteiger charge is -2.30. The van der Waals surface area contributed by atoms with Gasteiger partial charge in [-0.05, 0) is 129 Å². The first kappa shape index (κ1) is 38.0. The minimum atomic E-state index is -0.187. The number of nitrogens with zero attached hydrogens (tertiary/aromatic N) is 2. The van der Waals surface area contributed by atoms with Gasteiger partial charge in [0.2, 0.25) is 0 Å². The van der Waals surface area contributed by atoms with Crippen molar-refractivity contribution in [2.45, 2.75) is 19.3 Å². The Kier molecular flexibility index (Phi) is 8.49. The van der Waals surface area contributed by atoms with E-state index in [0.717, 1.165) is 72.4 Å². The number of ether oxygens (including phenoxy) is 2. The molecule has 0 saturated carbocycles. The van der Waals surface area contributed by atoms with Gasteiger partial charge in [0, 0.05) is 33.9 Å². The lowest BCUT2D eigenvalue weighted by Crippen LogP contribution is -2.17. The van der Waals surface area contributed by atoms with Gasteiger partial charge in [-0.2, -0.15) is 0 Å². The number of anilines is 6. The normalized spacial score (nSPS) is 13.1. The molecule has 11 aromatic rings. The Morgan fingerprint density at radius 2 is 0.924 bits per heavy atom. The molecule has 0 atom stereocenters. The Balaban J connectivity index is 1.06. The van der Waals surface area contributed by atoms with E-state index in [1.54, 1.807) is 0 Å². The number of fused-ring (bicyclic) bond motifs is 9. The van der Waals surface area contributed by atoms with E-state index in [1.165, 1.54) is 27.8 Å². The highest BCUT2D eigenvalue weighted by molar-refractivity contribution is 6.20. The zero-order valence-corrected chi connectivity index (χ0v) is 36.4. The first-order valence-corrected chi connectivity index (χ1v) is 22.5. The molecule has 0 fully saturated rings. The van der Waals surface area contributed by atoms with Crippen molar-refractivity contribution in [3.63, 3.8) is 0 Å². The van der Waals surface area contributed by atoms with Gasteiger partial charge in [0.05, 0.1) is 22.4 Å². The third kappa shape index (κ3) is 6.01. The standard InChI is InChI=1S/C61H42N2O3/c1-61(2)50-22-12-11-21-47(50)48-31-29-45(37-51(48)61)62(44-27-25-40(26-28-44)39-15-5-3-6-16-39)52-32-33-53(60-59(52)49-35-41-17-9-10-18-42(41)36-57(49)66-60)63(43-19-7-4-8-20-43)46-30-34-56-58(38-46)65-55-24-14-13-23-54(55)64-56/h3-38H,1-2H3. The Morgan fingerprint density at radius 1 is 0.379 bits per heavy atom. The average Bonchev–Trinajstić information content (AvgIpc) is 3.85. The summed E-state index contributed by atoms with van der Waals surface area (Å²) in [6, 6.07) is 77.2. The lowest BCUT2D eigenvalue weighted by molar-refractivity contribution is 0.360. The van der Waals surface area contributed by atoms with Crippen molar-refractivity contribution in [3.05, 3.63) is 230 Å². The molecule has 0 bridgehead atoms. The van der Waals surface area contributed by atoms with Crippen molar-refractivity contribution in [2.75, 3.05) is 9.80 Å². The SMILES string of the molecule is CC1(C)c2ccccc2-c2ccc(N(c3ccc(-c4ccccc4)cc3)c3ccc(N(c4ccccc4)c4ccc5c(c4)Oc4ccccc4O5)c4oc5cc6ccccc6cc5c34)cc21. The van der Waals surface area contributed by atoms with Gasteiger partial charge in [-0.3, -0.25) is 0 Å². The molecule has 66 heavy (non-hydrogen) atoms. The lowest BCUT2D eigenvalue weighted by atomic mass is 9.82. The highest BCUT2D eigenvalue weighted by atomic mass is 16.6. The average molecular weight is 851 g/mol. The molecule has 10 aromatic carbocycles. The molecule has 0 radical (unpaired) electrons. The van der Waals surface area contributed by atoms with Crippen molar-refractivity contribution in [1.29, 1.82) is 0 Å². The number of rotatable bonds is 7. The van der Waals surface area contributed by atoms with E-state index in [2.05, 4.69) is 206 Å². The van der Waals surface area contributed by atoms with Crippen molar-refractivity contribution in [3.8, 4) is 45.3 Å². The van der Waals surface area contributed by atoms with E-state index in [9.17, 15) is 0 Å². The summed E-state index contributed by atoms with van der Waals surface area (Å²) in [4.78, 5) is 4.67. The predicted molar refractivity (Wildman–Crippen MR) is 270 cm³/mol. The summed E-state index contributed by atoms with van der Waals surface area (Å²) in [5, 5.41) is 4.31. The first-order valence-electron chi connectivity index (χ1n) is 22.5. The molecule has 5 heteroatoms. The van der Waals surface area contributed by atoms with Crippen LogP contribution in [-0.4, -0.2) is 0 Å². The summed E-state index contributed by atoms with van der Waals surface area (Å²) < 4.78 is 20.1. The van der Waals surface area contributed by atoms with Crippen LogP contribution in [-0.2, 0) is 5.41 Å². The molecular formula is C61H42N2O3. The Morgan fingerprint density at radius 3 is 1.71 bits per heavy atom. The van der Waals surface area contributed by atoms with Gasteiger partial charge in [-0.25, -0.2) is 0 Å². The van der Waals surface area contributed by atoms with Crippen LogP contribution in [0.1, 0.15) is 25.0 Å². The van der Waals surface area contributed by atoms with Crippen molar-refractivity contribution in [1.82, 2.24) is 0 Å². The van der Waals surface area contributed by atoms with Crippen LogP contribution in [0.3, 0.4) is 0 Å². The van der Waals surface area contributed by atoms with E-state index in [0.29, 0.717) is 23.0 Å². The highest BCUT2D eigenvalue weighted by Crippen LogP contribution is 2.54. The van der Waals surface area contributed by atoms with E-state index in [4.69, 9.17) is 13.9 Å². The second-order valence-electron chi connectivity index (χ2n) is 17.7. The quantitative estimate of drug-likeness (QED) is 0.160. The van der Waals surface area contributed by atoms with E-state index >= 15 is 0 Å². The van der Waals surface area contributed by atoms with Gasteiger partial charge in [0.15, 0.2) is 28.6 Å². The van der Waals surface area contributed by atoms with Crippen LogP contribution in [0.5, 0.6) is 23.0 Å². The molecule has 2 heterocycles. The Labute approximate surface area is 383 Å². The second kappa shape index (κ2) is 14.8. The monoisotopic (exact) mass is 850 g/mol. The molecule has 1 aliphatic heterocycles. The number of furan rings is 1. The molecule has 1 aromatic heterocycles. The topological polar surface area (TPSA) is 38.1 Å². The number of para-hydroxylation sites is 3. The van der Waals surface area contributed by atoms with Gasteiger partial charge < -0.3 is 23.7 Å². The summed E-state index contributed by atoms with van der Waals surface area (Å²) in [5.41, 5.74) is 14.8. The fraction of sp³-hybridized carbons (Fsp3) is 0.0492. The highest BCUT2D eigenvalue weighted by Gasteiger charge is 2.36. The molecule has 0 spiro atoms. The smallest absolute Gasteiger partial charge is 0.172 e. The molecule has 13 rings (SSSR count). The molecule has 0 amide bonds. The number of hydrogen-bond acceptors (Lipinski definition) is 5. The molecule has 0 unspecified atom stereocenters. The second-order valence-corrected chi connectivity index (χ2v) is 17.7. The molecule has 2 aliphatic rings. The third-order valence-corrected chi connectivity index (χ3v) is 13.5. The fourth-order valence-corrected chi connectivity index (χ4v) is 10.2. The maximum atomic E-state index is 7.24. The first-order chi connectivity index (χ1) is 32.5. The van der Waals surface area contributed by atoms with Crippen molar-refractivity contribution >= 4 is 66.8 Å². The van der Waals surface area contributed by atoms with E-state index in [1.807, 2.05) is 36.4 Å². The van der Waals surface area contributed by atoms with Gasteiger partial charge in [-0.1, -0.05) is 141 Å². The van der Waals surface area contributed by atoms with Gasteiger partial charge in [-0.15, -0.1) is 0 Å². The molecule has 0 saturated heterocycles. The summed E-state index contributed by atoms with van der Waals surface area (Å²) in [5.74, 6) is 2.68. The zero-order chi connectivity index (χ0) is 43.9. The van der Waals surface area contributed by atoms with Crippen LogP contribution in [0, 0.1) is 0 Å². The van der Waals surface area contributed by atoms with Gasteiger partial charge in [0.1, 0.15) is 5.58 Å². The van der Waals surface area contributed by atoms with Crippen LogP contribution in [0.25, 0.3) is 55.0 Å². The van der Waals surface area contributed by atoms with Crippen molar-refractivity contribution in [2.24, 2.45) is 0 Å². The van der Waals surface area contributed by atoms with Crippen LogP contribution >= 0.6 is 0 Å². The number of hydrogen-bond donors (Lipinski definition) is 0. The van der Waals surface area contributed by atoms with Crippen LogP contribution in [0.15, 0.2) is 223 Å². The molecule has 5 nitrogen and oxygen atoms in total. The Hall–Kier alpha value is -8.54. The molecule has 0 N–H and O–H groups in total. The summed E-state index contributed by atoms with van der Waals surface area (Å²) in [6.45, 7) is 4.69. The maximum Gasteiger partial charge on any atom is 0.172 e. The minimum Gasteiger partial charge on any atom is -0.454 e. The van der Waals surface area contributed by atoms with Crippen LogP contribution in [0.4, 0.5) is 34.1 Å². The summed E-state index contributed by atoms with van der Waals surface area (Å²) >= 11 is 0. The maximum absolute atomic E-state index is 7.24. The number of benzene rings is 10. The summed E-state index contributed by atoms with van der Waals surface area (Å²) in [6.07, 6.45) is 0. The third-order valence-electron chi connectivity index (χ3n) is 13.5. The van der Waals surface area contributed by atoms with Crippen LogP contribution < -0.4 is 19.3 Å². The van der Waals surface area contributed by atoms with E-state index in [-0.39, 0.29) is 5.41 Å². The fourth-order valence-electron chi connectivity index (χ4n) is 10.2. The largest absolute Gasteiger partial charge is 0.454 e. The molecule has 314 valence electrons. The zero-order valence-electron chi connectivity index (χ0n) is 36.4. The van der Waals surface area contributed by atoms with Gasteiger partial charge in [0.25, 0.3) is 0 Å². The summed E-state index contributed by atoms with van der Waals surface area (Å²) in [7, 11) is 0. The van der Waals surface area contributed by atoms with Crippen LogP contribution in [0.2, 0.25) is 0 Å². The van der Waals surface area contributed by atoms with E-state index < -0.39 is 0 Å². The predicted octanol–water partition coefficient (Wildman–Crippen LogP) is 17.6.